The van der Waals surface area contributed by atoms with Crippen LogP contribution < -0.4 is 11.1 Å². The largest absolute Gasteiger partial charge is 0.387 e. The average Bonchev–Trinajstić information content (AvgIpc) is 3.30. The first kappa shape index (κ1) is 25.6. The Kier molecular flexibility index (Phi) is 9.29. The van der Waals surface area contributed by atoms with Crippen LogP contribution in [0.2, 0.25) is 0 Å². The van der Waals surface area contributed by atoms with E-state index in [1.54, 1.807) is 0 Å². The van der Waals surface area contributed by atoms with Gasteiger partial charge in [-0.05, 0) is 42.9 Å². The van der Waals surface area contributed by atoms with Crippen molar-refractivity contribution in [3.63, 3.8) is 0 Å². The van der Waals surface area contributed by atoms with E-state index in [1.807, 2.05) is 27.7 Å². The summed E-state index contributed by atoms with van der Waals surface area (Å²) >= 11 is 0. The predicted molar refractivity (Wildman–Crippen MR) is 124 cm³/mol. The molecule has 0 bridgehead atoms. The fourth-order valence-corrected chi connectivity index (χ4v) is 6.10. The van der Waals surface area contributed by atoms with Crippen LogP contribution in [0.1, 0.15) is 70.9 Å². The van der Waals surface area contributed by atoms with Gasteiger partial charge in [0.05, 0.1) is 11.1 Å². The van der Waals surface area contributed by atoms with Crippen molar-refractivity contribution in [1.29, 1.82) is 0 Å². The molecule has 0 fully saturated rings. The molecule has 2 atom stereocenters. The van der Waals surface area contributed by atoms with Crippen molar-refractivity contribution in [3.05, 3.63) is 44.4 Å². The molecule has 176 valence electrons. The zero-order valence-electron chi connectivity index (χ0n) is 18.8. The van der Waals surface area contributed by atoms with Gasteiger partial charge in [0.2, 0.25) is 0 Å². The fraction of sp³-hybridized carbons (Fsp3) is 0.714. The third kappa shape index (κ3) is 7.75. The van der Waals surface area contributed by atoms with Crippen LogP contribution in [0.15, 0.2) is 31.2 Å². The minimum Gasteiger partial charge on any atom is -0.387 e. The van der Waals surface area contributed by atoms with E-state index >= 15 is 0 Å². The van der Waals surface area contributed by atoms with Crippen molar-refractivity contribution in [2.24, 2.45) is 0 Å². The van der Waals surface area contributed by atoms with Gasteiger partial charge in [0, 0.05) is 44.6 Å². The number of hydrogen-bond donors (Lipinski definition) is 2. The summed E-state index contributed by atoms with van der Waals surface area (Å²) in [5, 5.41) is 4.61. The Bertz CT molecular complexity index is 904. The van der Waals surface area contributed by atoms with E-state index in [2.05, 4.69) is 10.3 Å². The maximum atomic E-state index is 12.3. The molecular formula is C21H34N2O6S2. The summed E-state index contributed by atoms with van der Waals surface area (Å²) in [4.78, 5) is 23.4. The van der Waals surface area contributed by atoms with Crippen molar-refractivity contribution < 1.29 is 17.5 Å². The molecule has 2 aromatic rings. The third-order valence-corrected chi connectivity index (χ3v) is 8.67. The minimum atomic E-state index is -0.958. The monoisotopic (exact) mass is 474 g/mol. The zero-order valence-corrected chi connectivity index (χ0v) is 20.4. The van der Waals surface area contributed by atoms with E-state index in [4.69, 9.17) is 9.05 Å². The lowest BCUT2D eigenvalue weighted by Crippen LogP contribution is -2.25. The molecule has 10 heteroatoms. The molecule has 0 aliphatic carbocycles. The summed E-state index contributed by atoms with van der Waals surface area (Å²) in [5.41, 5.74) is 0.119. The van der Waals surface area contributed by atoms with Gasteiger partial charge in [0.15, 0.2) is 0 Å². The number of nitrogens with one attached hydrogen (secondary N) is 2. The lowest BCUT2D eigenvalue weighted by molar-refractivity contribution is 0.408. The maximum Gasteiger partial charge on any atom is 0.283 e. The molecule has 0 radical (unpaired) electrons. The number of aromatic amines is 2. The molecule has 2 N–H and O–H groups in total. The maximum absolute atomic E-state index is 12.3. The van der Waals surface area contributed by atoms with Crippen LogP contribution in [-0.4, -0.2) is 41.7 Å². The molecule has 0 saturated heterocycles. The quantitative estimate of drug-likeness (QED) is 0.433. The highest BCUT2D eigenvalue weighted by Gasteiger charge is 2.26. The predicted octanol–water partition coefficient (Wildman–Crippen LogP) is 2.95. The molecule has 0 amide bonds. The Labute approximate surface area is 187 Å². The summed E-state index contributed by atoms with van der Waals surface area (Å²) in [7, 11) is -1.92. The van der Waals surface area contributed by atoms with Crippen molar-refractivity contribution in [2.75, 3.05) is 23.0 Å². The first-order valence-corrected chi connectivity index (χ1v) is 13.5. The highest BCUT2D eigenvalue weighted by atomic mass is 32.2. The van der Waals surface area contributed by atoms with Crippen LogP contribution in [-0.2, 0) is 32.4 Å². The number of H-pyrrole nitrogens is 2. The van der Waals surface area contributed by atoms with E-state index in [9.17, 15) is 18.0 Å². The van der Waals surface area contributed by atoms with Crippen molar-refractivity contribution in [3.8, 4) is 0 Å². The molecule has 2 unspecified atom stereocenters. The summed E-state index contributed by atoms with van der Waals surface area (Å²) in [5.74, 6) is 2.21. The van der Waals surface area contributed by atoms with Crippen molar-refractivity contribution in [2.45, 2.75) is 70.6 Å². The highest BCUT2D eigenvalue weighted by Crippen LogP contribution is 2.26. The molecule has 0 aliphatic heterocycles. The first-order chi connectivity index (χ1) is 14.5. The molecule has 31 heavy (non-hydrogen) atoms. The van der Waals surface area contributed by atoms with Gasteiger partial charge < -0.3 is 9.05 Å². The standard InChI is InChI=1S/C21H34N2O6S2/c1-20(2,16-14-28-22-18(16)24)8-5-10-30(26)12-7-13-31(27)11-6-9-21(3,4)17-15-29-23-19(17)25/h14-15H,5-13H2,1-4H3,(H,22,24)(H,23,25). The van der Waals surface area contributed by atoms with Crippen LogP contribution in [0, 0.1) is 0 Å². The van der Waals surface area contributed by atoms with E-state index in [1.165, 1.54) is 12.5 Å². The second kappa shape index (κ2) is 11.3. The zero-order chi connectivity index (χ0) is 23.1. The Balaban J connectivity index is 1.61. The summed E-state index contributed by atoms with van der Waals surface area (Å²) in [6, 6.07) is 0. The van der Waals surface area contributed by atoms with E-state index in [0.717, 1.165) is 25.7 Å². The van der Waals surface area contributed by atoms with Crippen LogP contribution in [0.3, 0.4) is 0 Å². The molecule has 2 rings (SSSR count). The van der Waals surface area contributed by atoms with Gasteiger partial charge in [-0.15, -0.1) is 0 Å². The Morgan fingerprint density at radius 1 is 0.710 bits per heavy atom. The smallest absolute Gasteiger partial charge is 0.283 e. The first-order valence-electron chi connectivity index (χ1n) is 10.6. The Morgan fingerprint density at radius 2 is 1.06 bits per heavy atom. The molecule has 0 aromatic carbocycles. The van der Waals surface area contributed by atoms with Gasteiger partial charge >= 0.3 is 0 Å². The van der Waals surface area contributed by atoms with Crippen molar-refractivity contribution in [1.82, 2.24) is 10.3 Å². The topological polar surface area (TPSA) is 126 Å². The van der Waals surface area contributed by atoms with Gasteiger partial charge in [-0.3, -0.25) is 18.0 Å². The molecule has 0 saturated carbocycles. The number of hydrogen-bond acceptors (Lipinski definition) is 6. The van der Waals surface area contributed by atoms with Gasteiger partial charge in [0.25, 0.3) is 11.1 Å². The Hall–Kier alpha value is -1.68. The van der Waals surface area contributed by atoms with Crippen LogP contribution >= 0.6 is 0 Å². The van der Waals surface area contributed by atoms with Gasteiger partial charge in [-0.1, -0.05) is 27.7 Å². The van der Waals surface area contributed by atoms with Crippen LogP contribution in [0.4, 0.5) is 0 Å². The Morgan fingerprint density at radius 3 is 1.39 bits per heavy atom. The lowest BCUT2D eigenvalue weighted by atomic mass is 9.82. The minimum absolute atomic E-state index is 0.214. The van der Waals surface area contributed by atoms with E-state index in [-0.39, 0.29) is 21.9 Å². The highest BCUT2D eigenvalue weighted by molar-refractivity contribution is 7.85. The molecule has 2 heterocycles. The van der Waals surface area contributed by atoms with E-state index < -0.39 is 21.6 Å². The average molecular weight is 475 g/mol. The molecule has 0 spiro atoms. The summed E-state index contributed by atoms with van der Waals surface area (Å²) in [6.45, 7) is 7.90. The second-order valence-electron chi connectivity index (χ2n) is 9.19. The second-order valence-corrected chi connectivity index (χ2v) is 12.6. The summed E-state index contributed by atoms with van der Waals surface area (Å²) in [6.07, 6.45) is 6.52. The fourth-order valence-electron chi connectivity index (χ4n) is 3.64. The molecule has 8 nitrogen and oxygen atoms in total. The lowest BCUT2D eigenvalue weighted by Gasteiger charge is -2.21. The van der Waals surface area contributed by atoms with Gasteiger partial charge in [-0.2, -0.15) is 10.3 Å². The SMILES string of the molecule is CC(C)(CCCS(=O)CCCS(=O)CCCC(C)(C)c1co[nH]c1=O)c1co[nH]c1=O. The number of rotatable bonds is 14. The van der Waals surface area contributed by atoms with E-state index in [0.29, 0.717) is 40.6 Å². The molecule has 2 aromatic heterocycles. The normalized spacial score (nSPS) is 14.6. The molecular weight excluding hydrogens is 440 g/mol. The third-order valence-electron chi connectivity index (χ3n) is 5.70. The van der Waals surface area contributed by atoms with Crippen molar-refractivity contribution >= 4 is 21.6 Å². The summed E-state index contributed by atoms with van der Waals surface area (Å²) < 4.78 is 34.2. The van der Waals surface area contributed by atoms with Crippen LogP contribution in [0.5, 0.6) is 0 Å². The van der Waals surface area contributed by atoms with Gasteiger partial charge in [-0.25, -0.2) is 0 Å². The molecule has 0 aliphatic rings. The number of aromatic nitrogens is 2. The van der Waals surface area contributed by atoms with Crippen LogP contribution in [0.25, 0.3) is 0 Å². The van der Waals surface area contributed by atoms with Gasteiger partial charge in [0.1, 0.15) is 12.5 Å².